The lowest BCUT2D eigenvalue weighted by molar-refractivity contribution is -0.139. The molecule has 0 spiro atoms. The van der Waals surface area contributed by atoms with E-state index in [2.05, 4.69) is 125 Å². The Labute approximate surface area is 279 Å². The highest BCUT2D eigenvalue weighted by atomic mass is 31.2. The molecule has 1 heterocycles. The molecule has 0 saturated carbocycles. The average Bonchev–Trinajstić information content (AvgIpc) is 3.08. The van der Waals surface area contributed by atoms with Crippen molar-refractivity contribution in [2.45, 2.75) is 12.7 Å². The number of hydrogen-bond acceptors (Lipinski definition) is 6. The van der Waals surface area contributed by atoms with Crippen molar-refractivity contribution in [3.63, 3.8) is 0 Å². The van der Waals surface area contributed by atoms with Gasteiger partial charge in [-0.15, -0.1) is 0 Å². The zero-order valence-corrected chi connectivity index (χ0v) is 27.8. The summed E-state index contributed by atoms with van der Waals surface area (Å²) >= 11 is 0. The topological polar surface area (TPSA) is 96.3 Å². The predicted octanol–water partition coefficient (Wildman–Crippen LogP) is 3.36. The lowest BCUT2D eigenvalue weighted by Crippen LogP contribution is -2.46. The van der Waals surface area contributed by atoms with Gasteiger partial charge in [-0.2, -0.15) is 0 Å². The van der Waals surface area contributed by atoms with Crippen LogP contribution < -0.4 is 21.2 Å². The fraction of sp³-hybridized carbons (Fsp3) is 0.316. The summed E-state index contributed by atoms with van der Waals surface area (Å²) in [6, 6.07) is 41.7. The van der Waals surface area contributed by atoms with E-state index in [1.165, 1.54) is 27.0 Å². The van der Waals surface area contributed by atoms with Crippen LogP contribution in [-0.4, -0.2) is 102 Å². The number of carbonyl (C=O) groups is 2. The fourth-order valence-electron chi connectivity index (χ4n) is 6.41. The number of carboxylic acid groups (broad SMARTS) is 2. The van der Waals surface area contributed by atoms with Gasteiger partial charge in [-0.1, -0.05) is 78.9 Å². The minimum absolute atomic E-state index is 0.00442. The molecule has 1 fully saturated rings. The van der Waals surface area contributed by atoms with Gasteiger partial charge in [-0.25, -0.2) is 0 Å². The van der Waals surface area contributed by atoms with Gasteiger partial charge in [-0.05, 0) is 47.5 Å². The second-order valence-corrected chi connectivity index (χ2v) is 15.6. The molecule has 0 amide bonds. The smallest absolute Gasteiger partial charge is 0.317 e. The molecular weight excluding hydrogens is 607 g/mol. The molecule has 0 aromatic heterocycles. The highest BCUT2D eigenvalue weighted by molar-refractivity contribution is 7.95. The Morgan fingerprint density at radius 2 is 0.915 bits per heavy atom. The first kappa shape index (κ1) is 34.4. The summed E-state index contributed by atoms with van der Waals surface area (Å²) in [6.45, 7) is 5.94. The van der Waals surface area contributed by atoms with E-state index in [1.54, 1.807) is 0 Å². The molecule has 0 bridgehead atoms. The number of hydrogen-bond donors (Lipinski definition) is 3. The molecule has 0 aliphatic carbocycles. The Balaban J connectivity index is 1.39. The zero-order valence-electron chi connectivity index (χ0n) is 27.0. The molecule has 8 nitrogen and oxygen atoms in total. The van der Waals surface area contributed by atoms with Crippen LogP contribution in [0, 0.1) is 0 Å². The predicted molar refractivity (Wildman–Crippen MR) is 192 cm³/mol. The van der Waals surface area contributed by atoms with Crippen molar-refractivity contribution in [3.05, 3.63) is 126 Å². The summed E-state index contributed by atoms with van der Waals surface area (Å²) in [5, 5.41) is 26.3. The lowest BCUT2D eigenvalue weighted by atomic mass is 10.1. The third-order valence-electron chi connectivity index (χ3n) is 8.83. The summed E-state index contributed by atoms with van der Waals surface area (Å²) in [5.74, 6) is -1.65. The van der Waals surface area contributed by atoms with E-state index in [4.69, 9.17) is 0 Å². The second-order valence-electron chi connectivity index (χ2n) is 12.2. The molecule has 0 unspecified atom stereocenters. The Morgan fingerprint density at radius 1 is 0.532 bits per heavy atom. The van der Waals surface area contributed by atoms with Crippen molar-refractivity contribution < 1.29 is 19.8 Å². The van der Waals surface area contributed by atoms with Gasteiger partial charge < -0.3 is 15.5 Å². The Morgan fingerprint density at radius 3 is 1.32 bits per heavy atom. The van der Waals surface area contributed by atoms with Crippen LogP contribution in [0.2, 0.25) is 0 Å². The molecule has 246 valence electrons. The van der Waals surface area contributed by atoms with Crippen LogP contribution in [0.5, 0.6) is 0 Å². The normalized spacial score (nSPS) is 16.2. The minimum atomic E-state index is -2.01. The molecule has 4 aromatic rings. The molecule has 3 N–H and O–H groups in total. The first-order valence-corrected chi connectivity index (χ1v) is 18.3. The van der Waals surface area contributed by atoms with Gasteiger partial charge in [0.25, 0.3) is 0 Å². The van der Waals surface area contributed by atoms with Gasteiger partial charge in [0, 0.05) is 58.9 Å². The molecule has 1 aliphatic heterocycles. The van der Waals surface area contributed by atoms with Crippen LogP contribution in [0.4, 0.5) is 0 Å². The molecule has 0 atom stereocenters. The summed E-state index contributed by atoms with van der Waals surface area (Å²) in [7, 11) is -2.01. The molecule has 0 radical (unpaired) electrons. The Kier molecular flexibility index (Phi) is 12.7. The van der Waals surface area contributed by atoms with Gasteiger partial charge in [0.2, 0.25) is 0 Å². The third-order valence-corrected chi connectivity index (χ3v) is 13.2. The van der Waals surface area contributed by atoms with Crippen molar-refractivity contribution in [3.8, 4) is 0 Å². The maximum absolute atomic E-state index is 11.5. The number of rotatable bonds is 11. The number of nitrogens with one attached hydrogen (secondary N) is 1. The minimum Gasteiger partial charge on any atom is -0.480 e. The largest absolute Gasteiger partial charge is 0.480 e. The first-order chi connectivity index (χ1) is 22.9. The summed E-state index contributed by atoms with van der Waals surface area (Å²) < 4.78 is 0. The molecule has 47 heavy (non-hydrogen) atoms. The maximum atomic E-state index is 11.5. The van der Waals surface area contributed by atoms with E-state index in [0.29, 0.717) is 58.9 Å². The van der Waals surface area contributed by atoms with E-state index >= 15 is 0 Å². The number of carboxylic acids is 2. The quantitative estimate of drug-likeness (QED) is 0.212. The molecule has 9 heteroatoms. The van der Waals surface area contributed by atoms with Gasteiger partial charge in [0.05, 0.1) is 19.3 Å². The van der Waals surface area contributed by atoms with Crippen molar-refractivity contribution >= 4 is 35.1 Å². The van der Waals surface area contributed by atoms with E-state index in [-0.39, 0.29) is 13.1 Å². The van der Waals surface area contributed by atoms with Crippen LogP contribution in [0.1, 0.15) is 11.1 Å². The van der Waals surface area contributed by atoms with Gasteiger partial charge in [0.1, 0.15) is 23.2 Å². The summed E-state index contributed by atoms with van der Waals surface area (Å²) in [4.78, 5) is 29.3. The molecule has 1 aliphatic rings. The van der Waals surface area contributed by atoms with E-state index in [9.17, 15) is 19.8 Å². The maximum Gasteiger partial charge on any atom is 0.317 e. The van der Waals surface area contributed by atoms with Crippen LogP contribution in [0.25, 0.3) is 0 Å². The molecule has 5 rings (SSSR count). The van der Waals surface area contributed by atoms with Crippen molar-refractivity contribution in [2.24, 2.45) is 0 Å². The lowest BCUT2D eigenvalue weighted by Gasteiger charge is -2.31. The summed E-state index contributed by atoms with van der Waals surface area (Å²) in [5.41, 5.74) is 2.46. The number of nitrogens with zero attached hydrogens (tertiary/aromatic N) is 3. The third kappa shape index (κ3) is 9.80. The molecule has 4 aromatic carbocycles. The second kappa shape index (κ2) is 17.3. The van der Waals surface area contributed by atoms with Gasteiger partial charge >= 0.3 is 11.9 Å². The Bertz CT molecular complexity index is 1410. The summed E-state index contributed by atoms with van der Waals surface area (Å²) in [6.07, 6.45) is 0.900. The van der Waals surface area contributed by atoms with Crippen molar-refractivity contribution in [2.75, 3.05) is 65.4 Å². The fourth-order valence-corrected chi connectivity index (χ4v) is 10.7. The standard InChI is InChI=1S/C38H45N4O4P/c43-37(44)29-40-22-20-39-21-23-41(30-38(45)46)25-27-42(26-24-40)28-32-16-18-33(19-17-32)31-47(34-10-4-1-5-11-34,35-12-6-2-7-13-35)36-14-8-3-9-15-36/h1-19,39H,20-31H2,(H-,43,44,45,46)/p+1. The van der Waals surface area contributed by atoms with Gasteiger partial charge in [0.15, 0.2) is 0 Å². The van der Waals surface area contributed by atoms with Crippen LogP contribution in [0.3, 0.4) is 0 Å². The van der Waals surface area contributed by atoms with Gasteiger partial charge in [-0.3, -0.25) is 24.3 Å². The van der Waals surface area contributed by atoms with Crippen molar-refractivity contribution in [1.29, 1.82) is 0 Å². The van der Waals surface area contributed by atoms with Crippen LogP contribution in [-0.2, 0) is 22.3 Å². The van der Waals surface area contributed by atoms with Crippen LogP contribution in [0.15, 0.2) is 115 Å². The zero-order chi connectivity index (χ0) is 32.9. The highest BCUT2D eigenvalue weighted by Crippen LogP contribution is 2.58. The van der Waals surface area contributed by atoms with E-state index in [1.807, 2.05) is 9.80 Å². The number of aliphatic carboxylic acids is 2. The van der Waals surface area contributed by atoms with Crippen molar-refractivity contribution in [1.82, 2.24) is 20.0 Å². The van der Waals surface area contributed by atoms with Crippen LogP contribution >= 0.6 is 7.26 Å². The highest BCUT2D eigenvalue weighted by Gasteiger charge is 2.45. The Hall–Kier alpha value is -3.91. The number of benzene rings is 4. The first-order valence-electron chi connectivity index (χ1n) is 16.4. The molecular formula is C38H46N4O4P+. The van der Waals surface area contributed by atoms with E-state index < -0.39 is 19.2 Å². The van der Waals surface area contributed by atoms with E-state index in [0.717, 1.165) is 6.16 Å². The SMILES string of the molecule is O=C(O)CN1CCNCCN(CC(=O)O)CCN(Cc2ccc(C[P+](c3ccccc3)(c3ccccc3)c3ccccc3)cc2)CC1. The molecule has 1 saturated heterocycles. The average molecular weight is 654 g/mol. The monoisotopic (exact) mass is 653 g/mol.